The lowest BCUT2D eigenvalue weighted by Gasteiger charge is -2.23. The third-order valence-corrected chi connectivity index (χ3v) is 4.42. The van der Waals surface area contributed by atoms with Crippen molar-refractivity contribution in [2.24, 2.45) is 0 Å². The molecule has 0 saturated carbocycles. The molecule has 3 heteroatoms. The largest absolute Gasteiger partial charge is 0.379 e. The molecule has 0 aromatic heterocycles. The molecule has 0 radical (unpaired) electrons. The number of rotatable bonds is 19. The van der Waals surface area contributed by atoms with Crippen LogP contribution in [0.4, 0.5) is 0 Å². The van der Waals surface area contributed by atoms with Gasteiger partial charge in [0.1, 0.15) is 6.54 Å². The Morgan fingerprint density at radius 3 is 1.38 bits per heavy atom. The average molecular weight is 345 g/mol. The smallest absolute Gasteiger partial charge is 0.102 e. The van der Waals surface area contributed by atoms with Crippen LogP contribution in [0.5, 0.6) is 0 Å². The third kappa shape index (κ3) is 21.9. The number of hydrogen-bond acceptors (Lipinski definition) is 2. The van der Waals surface area contributed by atoms with E-state index in [1.807, 2.05) is 0 Å². The topological polar surface area (TPSA) is 18.5 Å². The SMILES string of the molecule is CCCCCCCCCCCCCCOCCOCC[N+](C)(C)C. The van der Waals surface area contributed by atoms with E-state index in [2.05, 4.69) is 28.1 Å². The molecular weight excluding hydrogens is 298 g/mol. The van der Waals surface area contributed by atoms with Crippen LogP contribution >= 0.6 is 0 Å². The summed E-state index contributed by atoms with van der Waals surface area (Å²) in [5.74, 6) is 0. The van der Waals surface area contributed by atoms with Crippen molar-refractivity contribution in [2.75, 3.05) is 54.1 Å². The van der Waals surface area contributed by atoms with Gasteiger partial charge in [0.05, 0.1) is 41.0 Å². The number of likely N-dealkylation sites (N-methyl/N-ethyl adjacent to an activating group) is 1. The van der Waals surface area contributed by atoms with Gasteiger partial charge >= 0.3 is 0 Å². The fourth-order valence-electron chi connectivity index (χ4n) is 2.71. The summed E-state index contributed by atoms with van der Waals surface area (Å²) in [4.78, 5) is 0. The Hall–Kier alpha value is -0.120. The first-order chi connectivity index (χ1) is 11.6. The molecule has 0 bridgehead atoms. The van der Waals surface area contributed by atoms with E-state index in [4.69, 9.17) is 9.47 Å². The molecule has 0 N–H and O–H groups in total. The van der Waals surface area contributed by atoms with E-state index in [0.717, 1.165) is 37.5 Å². The molecule has 0 spiro atoms. The van der Waals surface area contributed by atoms with Crippen LogP contribution in [-0.4, -0.2) is 58.6 Å². The van der Waals surface area contributed by atoms with E-state index in [9.17, 15) is 0 Å². The fourth-order valence-corrected chi connectivity index (χ4v) is 2.71. The molecule has 0 aromatic rings. The van der Waals surface area contributed by atoms with Crippen molar-refractivity contribution in [2.45, 2.75) is 84.0 Å². The molecule has 0 aliphatic carbocycles. The summed E-state index contributed by atoms with van der Waals surface area (Å²) < 4.78 is 12.2. The molecule has 0 heterocycles. The predicted molar refractivity (Wildman–Crippen MR) is 106 cm³/mol. The molecule has 3 nitrogen and oxygen atoms in total. The number of ether oxygens (including phenoxy) is 2. The summed E-state index contributed by atoms with van der Waals surface area (Å²) in [6.07, 6.45) is 16.7. The normalized spacial score (nSPS) is 12.0. The minimum absolute atomic E-state index is 0.734. The van der Waals surface area contributed by atoms with E-state index in [1.54, 1.807) is 0 Å². The second-order valence-electron chi connectivity index (χ2n) is 8.13. The summed E-state index contributed by atoms with van der Waals surface area (Å²) in [6, 6.07) is 0. The van der Waals surface area contributed by atoms with Crippen molar-refractivity contribution < 1.29 is 14.0 Å². The zero-order chi connectivity index (χ0) is 17.9. The van der Waals surface area contributed by atoms with Gasteiger partial charge in [-0.1, -0.05) is 77.6 Å². The van der Waals surface area contributed by atoms with E-state index in [0.29, 0.717) is 0 Å². The van der Waals surface area contributed by atoms with Crippen molar-refractivity contribution >= 4 is 0 Å². The van der Waals surface area contributed by atoms with Gasteiger partial charge in [0.15, 0.2) is 0 Å². The van der Waals surface area contributed by atoms with Crippen LogP contribution in [-0.2, 0) is 9.47 Å². The van der Waals surface area contributed by atoms with Crippen LogP contribution in [0.2, 0.25) is 0 Å². The van der Waals surface area contributed by atoms with Gasteiger partial charge in [-0.3, -0.25) is 0 Å². The fraction of sp³-hybridized carbons (Fsp3) is 1.00. The average Bonchev–Trinajstić information content (AvgIpc) is 2.52. The van der Waals surface area contributed by atoms with Crippen molar-refractivity contribution in [1.82, 2.24) is 0 Å². The first-order valence-electron chi connectivity index (χ1n) is 10.5. The van der Waals surface area contributed by atoms with Crippen LogP contribution in [0, 0.1) is 0 Å². The summed E-state index contributed by atoms with van der Waals surface area (Å²) in [5.41, 5.74) is 0. The molecule has 0 saturated heterocycles. The number of quaternary nitrogens is 1. The van der Waals surface area contributed by atoms with Crippen molar-refractivity contribution in [1.29, 1.82) is 0 Å². The molecular formula is C21H46NO2+. The molecule has 0 atom stereocenters. The van der Waals surface area contributed by atoms with Crippen LogP contribution < -0.4 is 0 Å². The van der Waals surface area contributed by atoms with Gasteiger partial charge in [-0.15, -0.1) is 0 Å². The highest BCUT2D eigenvalue weighted by atomic mass is 16.5. The lowest BCUT2D eigenvalue weighted by Crippen LogP contribution is -2.37. The quantitative estimate of drug-likeness (QED) is 0.230. The number of unbranched alkanes of at least 4 members (excludes halogenated alkanes) is 11. The second kappa shape index (κ2) is 17.7. The Labute approximate surface area is 152 Å². The molecule has 0 amide bonds. The Bertz CT molecular complexity index is 238. The van der Waals surface area contributed by atoms with E-state index >= 15 is 0 Å². The van der Waals surface area contributed by atoms with Crippen LogP contribution in [0.25, 0.3) is 0 Å². The van der Waals surface area contributed by atoms with Crippen LogP contribution in [0.15, 0.2) is 0 Å². The Morgan fingerprint density at radius 2 is 0.917 bits per heavy atom. The monoisotopic (exact) mass is 344 g/mol. The molecule has 0 aliphatic heterocycles. The van der Waals surface area contributed by atoms with E-state index in [-0.39, 0.29) is 0 Å². The minimum Gasteiger partial charge on any atom is -0.379 e. The molecule has 0 unspecified atom stereocenters. The maximum absolute atomic E-state index is 5.63. The van der Waals surface area contributed by atoms with Gasteiger partial charge in [0.2, 0.25) is 0 Å². The third-order valence-electron chi connectivity index (χ3n) is 4.42. The standard InChI is InChI=1S/C21H46NO2/c1-5-6-7-8-9-10-11-12-13-14-15-16-18-23-20-21-24-19-17-22(2,3)4/h5-21H2,1-4H3/q+1. The molecule has 0 aliphatic rings. The molecule has 146 valence electrons. The number of nitrogens with zero attached hydrogens (tertiary/aromatic N) is 1. The van der Waals surface area contributed by atoms with Crippen LogP contribution in [0.3, 0.4) is 0 Å². The zero-order valence-corrected chi connectivity index (χ0v) is 17.3. The van der Waals surface area contributed by atoms with E-state index in [1.165, 1.54) is 77.0 Å². The number of hydrogen-bond donors (Lipinski definition) is 0. The highest BCUT2D eigenvalue weighted by Gasteiger charge is 2.05. The van der Waals surface area contributed by atoms with E-state index < -0.39 is 0 Å². The van der Waals surface area contributed by atoms with Crippen molar-refractivity contribution in [3.8, 4) is 0 Å². The first kappa shape index (κ1) is 23.9. The summed E-state index contributed by atoms with van der Waals surface area (Å²) in [7, 11) is 6.56. The predicted octanol–water partition coefficient (Wildman–Crippen LogP) is 5.43. The first-order valence-corrected chi connectivity index (χ1v) is 10.5. The molecule has 0 aromatic carbocycles. The Kier molecular flexibility index (Phi) is 17.6. The zero-order valence-electron chi connectivity index (χ0n) is 17.3. The van der Waals surface area contributed by atoms with Crippen LogP contribution in [0.1, 0.15) is 84.0 Å². The van der Waals surface area contributed by atoms with Gasteiger partial charge in [0, 0.05) is 6.61 Å². The minimum atomic E-state index is 0.734. The van der Waals surface area contributed by atoms with Gasteiger partial charge < -0.3 is 14.0 Å². The Morgan fingerprint density at radius 1 is 0.500 bits per heavy atom. The summed E-state index contributed by atoms with van der Waals surface area (Å²) >= 11 is 0. The second-order valence-corrected chi connectivity index (χ2v) is 8.13. The maximum atomic E-state index is 5.63. The van der Waals surface area contributed by atoms with Gasteiger partial charge in [-0.25, -0.2) is 0 Å². The maximum Gasteiger partial charge on any atom is 0.102 e. The van der Waals surface area contributed by atoms with Crippen molar-refractivity contribution in [3.63, 3.8) is 0 Å². The molecule has 0 rings (SSSR count). The van der Waals surface area contributed by atoms with Gasteiger partial charge in [-0.05, 0) is 6.42 Å². The highest BCUT2D eigenvalue weighted by Crippen LogP contribution is 2.11. The summed E-state index contributed by atoms with van der Waals surface area (Å²) in [5, 5.41) is 0. The summed E-state index contributed by atoms with van der Waals surface area (Å²) in [6.45, 7) is 6.54. The lowest BCUT2D eigenvalue weighted by molar-refractivity contribution is -0.870. The highest BCUT2D eigenvalue weighted by molar-refractivity contribution is 4.48. The van der Waals surface area contributed by atoms with Crippen molar-refractivity contribution in [3.05, 3.63) is 0 Å². The van der Waals surface area contributed by atoms with Gasteiger partial charge in [0.25, 0.3) is 0 Å². The molecule has 0 fully saturated rings. The van der Waals surface area contributed by atoms with Gasteiger partial charge in [-0.2, -0.15) is 0 Å². The molecule has 24 heavy (non-hydrogen) atoms. The lowest BCUT2D eigenvalue weighted by atomic mass is 10.1. The Balaban J connectivity index is 3.00.